The summed E-state index contributed by atoms with van der Waals surface area (Å²) in [6.07, 6.45) is 38.7. The summed E-state index contributed by atoms with van der Waals surface area (Å²) in [7, 11) is 0. The lowest BCUT2D eigenvalue weighted by Gasteiger charge is -2.15. The van der Waals surface area contributed by atoms with Gasteiger partial charge in [-0.3, -0.25) is 0 Å². The molecule has 0 amide bonds. The Hall–Kier alpha value is -0.790. The fourth-order valence-electron chi connectivity index (χ4n) is 5.66. The first-order chi connectivity index (χ1) is 17.2. The Labute approximate surface area is 221 Å². The first kappa shape index (κ1) is 32.2. The van der Waals surface area contributed by atoms with Crippen LogP contribution in [0.4, 0.5) is 0 Å². The Morgan fingerprint density at radius 2 is 0.886 bits per heavy atom. The SMILES string of the molecule is CCCCCCCCCCCCCC[C@H](CCCCCCCCCCCC)c1[nH]cc[n+]1C(C)C. The largest absolute Gasteiger partial charge is 0.257 e. The third kappa shape index (κ3) is 17.3. The molecule has 0 unspecified atom stereocenters. The minimum Gasteiger partial charge on any atom is -0.247 e. The minimum atomic E-state index is 0.549. The molecule has 35 heavy (non-hydrogen) atoms. The number of aromatic amines is 1. The second-order valence-corrected chi connectivity index (χ2v) is 11.7. The van der Waals surface area contributed by atoms with Crippen LogP contribution >= 0.6 is 0 Å². The quantitative estimate of drug-likeness (QED) is 0.0985. The molecule has 0 spiro atoms. The predicted octanol–water partition coefficient (Wildman–Crippen LogP) is 11.4. The third-order valence-electron chi connectivity index (χ3n) is 8.00. The van der Waals surface area contributed by atoms with Gasteiger partial charge in [0.15, 0.2) is 0 Å². The zero-order valence-electron chi connectivity index (χ0n) is 24.7. The molecule has 1 heterocycles. The van der Waals surface area contributed by atoms with E-state index in [4.69, 9.17) is 0 Å². The van der Waals surface area contributed by atoms with Crippen molar-refractivity contribution in [2.24, 2.45) is 0 Å². The van der Waals surface area contributed by atoms with Crippen LogP contribution in [0.3, 0.4) is 0 Å². The number of H-pyrrole nitrogens is 1. The number of aromatic nitrogens is 2. The fraction of sp³-hybridized carbons (Fsp3) is 0.909. The summed E-state index contributed by atoms with van der Waals surface area (Å²) in [4.78, 5) is 3.63. The lowest BCUT2D eigenvalue weighted by atomic mass is 9.93. The molecular weight excluding hydrogens is 424 g/mol. The van der Waals surface area contributed by atoms with E-state index in [2.05, 4.69) is 49.6 Å². The van der Waals surface area contributed by atoms with E-state index in [9.17, 15) is 0 Å². The molecule has 206 valence electrons. The maximum Gasteiger partial charge on any atom is 0.257 e. The van der Waals surface area contributed by atoms with Crippen LogP contribution in [-0.2, 0) is 0 Å². The average molecular weight is 490 g/mol. The zero-order valence-corrected chi connectivity index (χ0v) is 24.7. The van der Waals surface area contributed by atoms with Gasteiger partial charge in [0.25, 0.3) is 5.82 Å². The van der Waals surface area contributed by atoms with Gasteiger partial charge in [0.2, 0.25) is 0 Å². The second-order valence-electron chi connectivity index (χ2n) is 11.7. The summed E-state index contributed by atoms with van der Waals surface area (Å²) in [5.74, 6) is 2.20. The highest BCUT2D eigenvalue weighted by atomic mass is 15.1. The molecule has 2 heteroatoms. The van der Waals surface area contributed by atoms with Crippen molar-refractivity contribution in [3.63, 3.8) is 0 Å². The molecular formula is C33H65N2+. The van der Waals surface area contributed by atoms with Crippen LogP contribution in [0.1, 0.15) is 200 Å². The third-order valence-corrected chi connectivity index (χ3v) is 8.00. The van der Waals surface area contributed by atoms with Gasteiger partial charge in [-0.05, 0) is 26.7 Å². The highest BCUT2D eigenvalue weighted by Crippen LogP contribution is 2.27. The molecule has 1 rings (SSSR count). The summed E-state index contributed by atoms with van der Waals surface area (Å²) in [5.41, 5.74) is 0. The van der Waals surface area contributed by atoms with Gasteiger partial charge in [-0.2, -0.15) is 0 Å². The minimum absolute atomic E-state index is 0.549. The number of nitrogens with one attached hydrogen (secondary N) is 1. The van der Waals surface area contributed by atoms with E-state index in [1.807, 2.05) is 0 Å². The van der Waals surface area contributed by atoms with Gasteiger partial charge in [-0.15, -0.1) is 0 Å². The topological polar surface area (TPSA) is 19.7 Å². The molecule has 0 saturated carbocycles. The molecule has 0 aliphatic heterocycles. The Morgan fingerprint density at radius 3 is 1.23 bits per heavy atom. The van der Waals surface area contributed by atoms with Crippen molar-refractivity contribution >= 4 is 0 Å². The van der Waals surface area contributed by atoms with Gasteiger partial charge < -0.3 is 0 Å². The van der Waals surface area contributed by atoms with E-state index in [-0.39, 0.29) is 0 Å². The summed E-state index contributed by atoms with van der Waals surface area (Å²) in [6, 6.07) is 0.549. The number of nitrogens with zero attached hydrogens (tertiary/aromatic N) is 1. The van der Waals surface area contributed by atoms with E-state index < -0.39 is 0 Å². The highest BCUT2D eigenvalue weighted by molar-refractivity contribution is 4.90. The van der Waals surface area contributed by atoms with E-state index in [0.29, 0.717) is 12.0 Å². The van der Waals surface area contributed by atoms with Crippen LogP contribution in [0, 0.1) is 0 Å². The molecule has 0 fully saturated rings. The molecule has 0 aliphatic rings. The highest BCUT2D eigenvalue weighted by Gasteiger charge is 2.23. The Balaban J connectivity index is 2.20. The van der Waals surface area contributed by atoms with Crippen LogP contribution in [0.25, 0.3) is 0 Å². The number of unbranched alkanes of at least 4 members (excludes halogenated alkanes) is 20. The summed E-state index contributed by atoms with van der Waals surface area (Å²) < 4.78 is 2.49. The van der Waals surface area contributed by atoms with E-state index >= 15 is 0 Å². The van der Waals surface area contributed by atoms with Crippen molar-refractivity contribution in [1.29, 1.82) is 0 Å². The summed E-state index contributed by atoms with van der Waals surface area (Å²) in [5, 5.41) is 0. The molecule has 0 aliphatic carbocycles. The van der Waals surface area contributed by atoms with E-state index in [1.165, 1.54) is 160 Å². The van der Waals surface area contributed by atoms with Crippen LogP contribution in [0.2, 0.25) is 0 Å². The molecule has 0 radical (unpaired) electrons. The zero-order chi connectivity index (χ0) is 25.4. The molecule has 2 nitrogen and oxygen atoms in total. The first-order valence-corrected chi connectivity index (χ1v) is 16.3. The Morgan fingerprint density at radius 1 is 0.543 bits per heavy atom. The monoisotopic (exact) mass is 490 g/mol. The van der Waals surface area contributed by atoms with Crippen LogP contribution in [-0.4, -0.2) is 4.98 Å². The average Bonchev–Trinajstić information content (AvgIpc) is 3.35. The van der Waals surface area contributed by atoms with Gasteiger partial charge >= 0.3 is 0 Å². The Bertz CT molecular complexity index is 547. The van der Waals surface area contributed by atoms with Gasteiger partial charge in [-0.1, -0.05) is 155 Å². The van der Waals surface area contributed by atoms with Crippen molar-refractivity contribution in [3.05, 3.63) is 18.2 Å². The van der Waals surface area contributed by atoms with Crippen molar-refractivity contribution in [1.82, 2.24) is 4.98 Å². The molecule has 1 N–H and O–H groups in total. The molecule has 0 saturated heterocycles. The maximum absolute atomic E-state index is 3.63. The van der Waals surface area contributed by atoms with E-state index in [0.717, 1.165) is 0 Å². The molecule has 0 aromatic carbocycles. The number of hydrogen-bond donors (Lipinski definition) is 1. The van der Waals surface area contributed by atoms with Crippen molar-refractivity contribution < 1.29 is 4.57 Å². The predicted molar refractivity (Wildman–Crippen MR) is 156 cm³/mol. The van der Waals surface area contributed by atoms with Gasteiger partial charge in [-0.25, -0.2) is 9.55 Å². The number of rotatable bonds is 26. The summed E-state index contributed by atoms with van der Waals surface area (Å²) >= 11 is 0. The smallest absolute Gasteiger partial charge is 0.247 e. The lowest BCUT2D eigenvalue weighted by molar-refractivity contribution is -0.723. The maximum atomic E-state index is 3.63. The number of hydrogen-bond acceptors (Lipinski definition) is 0. The Kier molecular flexibility index (Phi) is 21.7. The lowest BCUT2D eigenvalue weighted by Crippen LogP contribution is -2.39. The van der Waals surface area contributed by atoms with Crippen molar-refractivity contribution in [3.8, 4) is 0 Å². The standard InChI is InChI=1S/C33H64N2/c1-5-7-9-11-13-15-17-18-20-22-24-26-28-32(33-34-29-30-35(33)31(3)4)27-25-23-21-19-16-14-12-10-8-6-2/h29-32H,5-28H2,1-4H3/p+1/t32-/m0/s1. The molecule has 0 bridgehead atoms. The fourth-order valence-corrected chi connectivity index (χ4v) is 5.66. The molecule has 1 atom stereocenters. The van der Waals surface area contributed by atoms with Crippen molar-refractivity contribution in [2.45, 2.75) is 194 Å². The molecule has 1 aromatic heterocycles. The van der Waals surface area contributed by atoms with Crippen LogP contribution in [0.15, 0.2) is 12.4 Å². The summed E-state index contributed by atoms with van der Waals surface area (Å²) in [6.45, 7) is 9.25. The number of imidazole rings is 1. The van der Waals surface area contributed by atoms with E-state index in [1.54, 1.807) is 0 Å². The second kappa shape index (κ2) is 23.6. The van der Waals surface area contributed by atoms with Gasteiger partial charge in [0.1, 0.15) is 12.4 Å². The molecule has 1 aromatic rings. The van der Waals surface area contributed by atoms with Gasteiger partial charge in [0, 0.05) is 0 Å². The van der Waals surface area contributed by atoms with Crippen molar-refractivity contribution in [2.75, 3.05) is 0 Å². The van der Waals surface area contributed by atoms with Crippen LogP contribution < -0.4 is 4.57 Å². The van der Waals surface area contributed by atoms with Gasteiger partial charge in [0.05, 0.1) is 12.0 Å². The first-order valence-electron chi connectivity index (χ1n) is 16.3. The normalized spacial score (nSPS) is 12.6. The van der Waals surface area contributed by atoms with Crippen LogP contribution in [0.5, 0.6) is 0 Å².